The van der Waals surface area contributed by atoms with Gasteiger partial charge in [0.2, 0.25) is 22.7 Å². The molecule has 8 nitrogen and oxygen atoms in total. The molecular formula is C17H24N2O6S. The van der Waals surface area contributed by atoms with Crippen LogP contribution in [0.5, 0.6) is 11.5 Å². The van der Waals surface area contributed by atoms with E-state index in [1.807, 2.05) is 0 Å². The minimum atomic E-state index is -3.47. The lowest BCUT2D eigenvalue weighted by atomic mass is 10.2. The highest BCUT2D eigenvalue weighted by atomic mass is 32.2. The van der Waals surface area contributed by atoms with Gasteiger partial charge in [0.25, 0.3) is 0 Å². The zero-order valence-electron chi connectivity index (χ0n) is 14.8. The number of ether oxygens (including phenoxy) is 3. The number of hydrogen-bond acceptors (Lipinski definition) is 6. The Morgan fingerprint density at radius 2 is 2.12 bits per heavy atom. The van der Waals surface area contributed by atoms with Crippen LogP contribution in [0.1, 0.15) is 25.7 Å². The highest BCUT2D eigenvalue weighted by Gasteiger charge is 2.22. The third kappa shape index (κ3) is 4.79. The Morgan fingerprint density at radius 3 is 2.85 bits per heavy atom. The largest absolute Gasteiger partial charge is 0.454 e. The number of nitrogens with zero attached hydrogens (tertiary/aromatic N) is 1. The topological polar surface area (TPSA) is 94.2 Å². The van der Waals surface area contributed by atoms with Crippen LogP contribution >= 0.6 is 0 Å². The molecule has 3 rings (SSSR count). The smallest absolute Gasteiger partial charge is 0.232 e. The average molecular weight is 384 g/mol. The zero-order chi connectivity index (χ0) is 18.6. The molecule has 1 atom stereocenters. The fourth-order valence-electron chi connectivity index (χ4n) is 3.03. The van der Waals surface area contributed by atoms with Gasteiger partial charge in [-0.2, -0.15) is 0 Å². The van der Waals surface area contributed by atoms with Gasteiger partial charge in [0.15, 0.2) is 11.5 Å². The third-order valence-electron chi connectivity index (χ3n) is 4.36. The Labute approximate surface area is 153 Å². The van der Waals surface area contributed by atoms with Crippen LogP contribution in [0.15, 0.2) is 18.2 Å². The molecular weight excluding hydrogens is 360 g/mol. The highest BCUT2D eigenvalue weighted by Crippen LogP contribution is 2.36. The maximum atomic E-state index is 12.1. The Bertz CT molecular complexity index is 746. The summed E-state index contributed by atoms with van der Waals surface area (Å²) in [4.78, 5) is 11.9. The van der Waals surface area contributed by atoms with Crippen molar-refractivity contribution < 1.29 is 27.4 Å². The highest BCUT2D eigenvalue weighted by molar-refractivity contribution is 7.92. The Hall–Kier alpha value is -2.00. The van der Waals surface area contributed by atoms with Crippen LogP contribution in [0.4, 0.5) is 5.69 Å². The summed E-state index contributed by atoms with van der Waals surface area (Å²) in [5, 5.41) is 2.84. The summed E-state index contributed by atoms with van der Waals surface area (Å²) in [6.45, 7) is 1.60. The van der Waals surface area contributed by atoms with Gasteiger partial charge in [0, 0.05) is 32.2 Å². The van der Waals surface area contributed by atoms with E-state index in [0.29, 0.717) is 30.2 Å². The molecule has 1 N–H and O–H groups in total. The monoisotopic (exact) mass is 384 g/mol. The fraction of sp³-hybridized carbons (Fsp3) is 0.588. The molecule has 1 aromatic rings. The number of hydrogen-bond donors (Lipinski definition) is 1. The standard InChI is InChI=1S/C17H24N2O6S/c1-26(21,22)19(13-6-7-15-16(10-13)25-12-24-15)8-2-5-17(20)18-11-14-4-3-9-23-14/h6-7,10,14H,2-5,8-9,11-12H2,1H3,(H,18,20)/t14-/m0/s1. The first-order valence-electron chi connectivity index (χ1n) is 8.69. The molecule has 1 amide bonds. The minimum absolute atomic E-state index is 0.0973. The van der Waals surface area contributed by atoms with E-state index in [9.17, 15) is 13.2 Å². The lowest BCUT2D eigenvalue weighted by Gasteiger charge is -2.22. The number of amides is 1. The predicted molar refractivity (Wildman–Crippen MR) is 96.0 cm³/mol. The minimum Gasteiger partial charge on any atom is -0.454 e. The summed E-state index contributed by atoms with van der Waals surface area (Å²) in [7, 11) is -3.47. The van der Waals surface area contributed by atoms with E-state index < -0.39 is 10.0 Å². The summed E-state index contributed by atoms with van der Waals surface area (Å²) in [5.41, 5.74) is 0.497. The lowest BCUT2D eigenvalue weighted by Crippen LogP contribution is -2.34. The van der Waals surface area contributed by atoms with Gasteiger partial charge >= 0.3 is 0 Å². The fourth-order valence-corrected chi connectivity index (χ4v) is 3.99. The lowest BCUT2D eigenvalue weighted by molar-refractivity contribution is -0.121. The van der Waals surface area contributed by atoms with Crippen LogP contribution in [0.25, 0.3) is 0 Å². The normalized spacial score (nSPS) is 18.7. The molecule has 0 bridgehead atoms. The van der Waals surface area contributed by atoms with E-state index in [4.69, 9.17) is 14.2 Å². The van der Waals surface area contributed by atoms with Gasteiger partial charge in [0.1, 0.15) is 0 Å². The van der Waals surface area contributed by atoms with E-state index in [2.05, 4.69) is 5.32 Å². The summed E-state index contributed by atoms with van der Waals surface area (Å²) >= 11 is 0. The van der Waals surface area contributed by atoms with Crippen LogP contribution in [-0.2, 0) is 19.6 Å². The maximum absolute atomic E-state index is 12.1. The number of sulfonamides is 1. The van der Waals surface area contributed by atoms with Crippen molar-refractivity contribution in [3.05, 3.63) is 18.2 Å². The zero-order valence-corrected chi connectivity index (χ0v) is 15.6. The first kappa shape index (κ1) is 18.8. The molecule has 0 radical (unpaired) electrons. The Balaban J connectivity index is 1.53. The molecule has 2 heterocycles. The molecule has 1 aromatic carbocycles. The van der Waals surface area contributed by atoms with Crippen molar-refractivity contribution in [1.82, 2.24) is 5.32 Å². The van der Waals surface area contributed by atoms with Gasteiger partial charge in [-0.05, 0) is 31.4 Å². The van der Waals surface area contributed by atoms with Crippen molar-refractivity contribution in [3.8, 4) is 11.5 Å². The molecule has 144 valence electrons. The number of nitrogens with one attached hydrogen (secondary N) is 1. The number of fused-ring (bicyclic) bond motifs is 1. The quantitative estimate of drug-likeness (QED) is 0.725. The van der Waals surface area contributed by atoms with Crippen LogP contribution in [0.2, 0.25) is 0 Å². The molecule has 0 saturated carbocycles. The first-order chi connectivity index (χ1) is 12.4. The second-order valence-corrected chi connectivity index (χ2v) is 8.32. The van der Waals surface area contributed by atoms with Gasteiger partial charge in [-0.15, -0.1) is 0 Å². The van der Waals surface area contributed by atoms with E-state index in [1.165, 1.54) is 4.31 Å². The van der Waals surface area contributed by atoms with Gasteiger partial charge in [-0.1, -0.05) is 0 Å². The van der Waals surface area contributed by atoms with Crippen LogP contribution in [-0.4, -0.2) is 53.2 Å². The van der Waals surface area contributed by atoms with E-state index in [1.54, 1.807) is 18.2 Å². The van der Waals surface area contributed by atoms with Crippen molar-refractivity contribution >= 4 is 21.6 Å². The van der Waals surface area contributed by atoms with Crippen molar-refractivity contribution in [2.75, 3.05) is 37.1 Å². The predicted octanol–water partition coefficient (Wildman–Crippen LogP) is 1.26. The van der Waals surface area contributed by atoms with Crippen LogP contribution < -0.4 is 19.1 Å². The number of rotatable bonds is 8. The number of carbonyl (C=O) groups is 1. The number of carbonyl (C=O) groups excluding carboxylic acids is 1. The van der Waals surface area contributed by atoms with Gasteiger partial charge < -0.3 is 19.5 Å². The van der Waals surface area contributed by atoms with E-state index in [-0.39, 0.29) is 31.8 Å². The van der Waals surface area contributed by atoms with Crippen molar-refractivity contribution in [2.45, 2.75) is 31.8 Å². The average Bonchev–Trinajstić information content (AvgIpc) is 3.26. The van der Waals surface area contributed by atoms with E-state index in [0.717, 1.165) is 25.7 Å². The van der Waals surface area contributed by atoms with Gasteiger partial charge in [-0.3, -0.25) is 9.10 Å². The third-order valence-corrected chi connectivity index (χ3v) is 5.55. The first-order valence-corrected chi connectivity index (χ1v) is 10.5. The maximum Gasteiger partial charge on any atom is 0.232 e. The molecule has 2 aliphatic rings. The number of benzene rings is 1. The van der Waals surface area contributed by atoms with Crippen molar-refractivity contribution in [1.29, 1.82) is 0 Å². The molecule has 0 spiro atoms. The molecule has 0 aliphatic carbocycles. The number of anilines is 1. The Morgan fingerprint density at radius 1 is 1.31 bits per heavy atom. The van der Waals surface area contributed by atoms with Crippen LogP contribution in [0, 0.1) is 0 Å². The Kier molecular flexibility index (Phi) is 5.87. The molecule has 0 aromatic heterocycles. The molecule has 2 aliphatic heterocycles. The molecule has 1 saturated heterocycles. The summed E-state index contributed by atoms with van der Waals surface area (Å²) in [6.07, 6.45) is 3.91. The van der Waals surface area contributed by atoms with E-state index >= 15 is 0 Å². The van der Waals surface area contributed by atoms with Crippen LogP contribution in [0.3, 0.4) is 0 Å². The summed E-state index contributed by atoms with van der Waals surface area (Å²) < 4.78 is 41.6. The second-order valence-electron chi connectivity index (χ2n) is 6.42. The molecule has 0 unspecified atom stereocenters. The van der Waals surface area contributed by atoms with Crippen molar-refractivity contribution in [3.63, 3.8) is 0 Å². The SMILES string of the molecule is CS(=O)(=O)N(CCCC(=O)NC[C@@H]1CCCO1)c1ccc2c(c1)OCO2. The second kappa shape index (κ2) is 8.13. The summed E-state index contributed by atoms with van der Waals surface area (Å²) in [5.74, 6) is 1.01. The molecule has 26 heavy (non-hydrogen) atoms. The van der Waals surface area contributed by atoms with Crippen molar-refractivity contribution in [2.24, 2.45) is 0 Å². The molecule has 9 heteroatoms. The van der Waals surface area contributed by atoms with Gasteiger partial charge in [0.05, 0.1) is 18.0 Å². The van der Waals surface area contributed by atoms with Gasteiger partial charge in [-0.25, -0.2) is 8.42 Å². The summed E-state index contributed by atoms with van der Waals surface area (Å²) in [6, 6.07) is 5.00. The molecule has 1 fully saturated rings.